The van der Waals surface area contributed by atoms with E-state index in [1.54, 1.807) is 23.1 Å². The minimum atomic E-state index is 0.146. The monoisotopic (exact) mass is 361 g/mol. The Morgan fingerprint density at radius 3 is 2.56 bits per heavy atom. The molecule has 0 spiro atoms. The van der Waals surface area contributed by atoms with Crippen LogP contribution in [-0.4, -0.2) is 10.8 Å². The molecule has 4 rings (SSSR count). The molecule has 0 aliphatic heterocycles. The number of hydrogen-bond acceptors (Lipinski definition) is 4. The quantitative estimate of drug-likeness (QED) is 0.416. The number of carbonyl (C=O) groups is 1. The van der Waals surface area contributed by atoms with Crippen LogP contribution in [0.15, 0.2) is 88.1 Å². The van der Waals surface area contributed by atoms with Gasteiger partial charge < -0.3 is 0 Å². The predicted octanol–water partition coefficient (Wildman–Crippen LogP) is 5.87. The van der Waals surface area contributed by atoms with Crippen LogP contribution in [0, 0.1) is 0 Å². The van der Waals surface area contributed by atoms with Crippen LogP contribution in [-0.2, 0) is 6.42 Å². The molecule has 0 fully saturated rings. The van der Waals surface area contributed by atoms with E-state index in [0.29, 0.717) is 6.42 Å². The summed E-state index contributed by atoms with van der Waals surface area (Å²) in [7, 11) is 0. The fraction of sp³-hybridized carbons (Fsp3) is 0.0476. The molecular weight excluding hydrogens is 346 g/mol. The van der Waals surface area contributed by atoms with Gasteiger partial charge in [0.15, 0.2) is 5.78 Å². The molecule has 0 amide bonds. The first-order valence-electron chi connectivity index (χ1n) is 7.97. The minimum Gasteiger partial charge on any atom is -0.294 e. The molecule has 0 saturated heterocycles. The normalized spacial score (nSPS) is 10.9. The first-order valence-corrected chi connectivity index (χ1v) is 9.66. The van der Waals surface area contributed by atoms with Gasteiger partial charge in [-0.25, -0.2) is 0 Å². The van der Waals surface area contributed by atoms with E-state index in [1.807, 2.05) is 72.9 Å². The van der Waals surface area contributed by atoms with Gasteiger partial charge in [-0.15, -0.1) is 11.3 Å². The lowest BCUT2D eigenvalue weighted by Crippen LogP contribution is -2.03. The number of pyridine rings is 1. The third-order valence-electron chi connectivity index (χ3n) is 3.92. The molecule has 2 aromatic heterocycles. The molecule has 0 aliphatic rings. The zero-order valence-corrected chi connectivity index (χ0v) is 15.0. The highest BCUT2D eigenvalue weighted by atomic mass is 32.2. The molecule has 4 aromatic rings. The Bertz CT molecular complexity index is 1010. The number of hydrogen-bond donors (Lipinski definition) is 0. The van der Waals surface area contributed by atoms with Gasteiger partial charge in [-0.3, -0.25) is 9.78 Å². The second kappa shape index (κ2) is 7.21. The van der Waals surface area contributed by atoms with Gasteiger partial charge in [0.05, 0.1) is 10.2 Å². The molecule has 0 aliphatic carbocycles. The Hall–Kier alpha value is -2.43. The number of ketones is 1. The maximum Gasteiger partial charge on any atom is 0.167 e. The molecule has 0 bridgehead atoms. The second-order valence-electron chi connectivity index (χ2n) is 5.66. The van der Waals surface area contributed by atoms with Crippen LogP contribution in [0.5, 0.6) is 0 Å². The van der Waals surface area contributed by atoms with E-state index in [4.69, 9.17) is 0 Å². The van der Waals surface area contributed by atoms with Gasteiger partial charge >= 0.3 is 0 Å². The van der Waals surface area contributed by atoms with Crippen molar-refractivity contribution in [2.24, 2.45) is 0 Å². The van der Waals surface area contributed by atoms with Crippen LogP contribution in [0.25, 0.3) is 10.2 Å². The lowest BCUT2D eigenvalue weighted by molar-refractivity contribution is 0.0993. The van der Waals surface area contributed by atoms with Crippen molar-refractivity contribution in [3.8, 4) is 0 Å². The topological polar surface area (TPSA) is 30.0 Å². The highest BCUT2D eigenvalue weighted by Crippen LogP contribution is 2.35. The van der Waals surface area contributed by atoms with Gasteiger partial charge in [0.25, 0.3) is 0 Å². The van der Waals surface area contributed by atoms with E-state index in [0.717, 1.165) is 21.5 Å². The van der Waals surface area contributed by atoms with E-state index in [9.17, 15) is 4.79 Å². The number of carbonyl (C=O) groups excluding carboxylic acids is 1. The molecule has 0 radical (unpaired) electrons. The van der Waals surface area contributed by atoms with E-state index < -0.39 is 0 Å². The number of aromatic nitrogens is 1. The number of fused-ring (bicyclic) bond motifs is 1. The van der Waals surface area contributed by atoms with Crippen molar-refractivity contribution in [3.63, 3.8) is 0 Å². The molecule has 2 nitrogen and oxygen atoms in total. The van der Waals surface area contributed by atoms with Crippen LogP contribution in [0.3, 0.4) is 0 Å². The van der Waals surface area contributed by atoms with Crippen LogP contribution in [0.4, 0.5) is 0 Å². The van der Waals surface area contributed by atoms with Crippen molar-refractivity contribution in [2.75, 3.05) is 0 Å². The lowest BCUT2D eigenvalue weighted by atomic mass is 10.0. The first-order chi connectivity index (χ1) is 12.3. The third kappa shape index (κ3) is 3.65. The Morgan fingerprint density at radius 2 is 1.76 bits per heavy atom. The van der Waals surface area contributed by atoms with E-state index >= 15 is 0 Å². The predicted molar refractivity (Wildman–Crippen MR) is 105 cm³/mol. The largest absolute Gasteiger partial charge is 0.294 e. The van der Waals surface area contributed by atoms with Crippen molar-refractivity contribution in [1.82, 2.24) is 4.98 Å². The molecule has 4 heteroatoms. The Morgan fingerprint density at radius 1 is 0.960 bits per heavy atom. The molecule has 0 atom stereocenters. The van der Waals surface area contributed by atoms with Gasteiger partial charge in [-0.05, 0) is 35.2 Å². The molecule has 122 valence electrons. The molecule has 0 unspecified atom stereocenters. The van der Waals surface area contributed by atoms with Gasteiger partial charge in [0.2, 0.25) is 0 Å². The molecular formula is C21H15NOS2. The number of thiophene rings is 1. The van der Waals surface area contributed by atoms with Crippen LogP contribution in [0.1, 0.15) is 15.9 Å². The number of benzene rings is 2. The highest BCUT2D eigenvalue weighted by Gasteiger charge is 2.09. The average molecular weight is 361 g/mol. The Balaban J connectivity index is 1.50. The fourth-order valence-electron chi connectivity index (χ4n) is 2.65. The smallest absolute Gasteiger partial charge is 0.167 e. The highest BCUT2D eigenvalue weighted by molar-refractivity contribution is 7.99. The van der Waals surface area contributed by atoms with Crippen LogP contribution >= 0.6 is 23.1 Å². The number of nitrogens with zero attached hydrogens (tertiary/aromatic N) is 1. The minimum absolute atomic E-state index is 0.146. The van der Waals surface area contributed by atoms with Gasteiger partial charge in [-0.2, -0.15) is 0 Å². The van der Waals surface area contributed by atoms with Crippen LogP contribution in [0.2, 0.25) is 0 Å². The second-order valence-corrected chi connectivity index (χ2v) is 7.69. The van der Waals surface area contributed by atoms with Crippen molar-refractivity contribution in [2.45, 2.75) is 16.2 Å². The van der Waals surface area contributed by atoms with Crippen molar-refractivity contribution in [1.29, 1.82) is 0 Å². The summed E-state index contributed by atoms with van der Waals surface area (Å²) in [6.45, 7) is 0. The summed E-state index contributed by atoms with van der Waals surface area (Å²) in [5, 5.41) is 2.06. The van der Waals surface area contributed by atoms with Crippen molar-refractivity contribution < 1.29 is 4.79 Å². The summed E-state index contributed by atoms with van der Waals surface area (Å²) in [5.74, 6) is 0.146. The third-order valence-corrected chi connectivity index (χ3v) is 6.05. The summed E-state index contributed by atoms with van der Waals surface area (Å²) < 4.78 is 1.21. The molecule has 0 saturated carbocycles. The Labute approximate surface area is 154 Å². The van der Waals surface area contributed by atoms with Gasteiger partial charge in [0.1, 0.15) is 0 Å². The molecule has 2 heterocycles. The maximum absolute atomic E-state index is 12.4. The molecule has 2 aromatic carbocycles. The summed E-state index contributed by atoms with van der Waals surface area (Å²) in [6.07, 6.45) is 2.28. The average Bonchev–Trinajstić information content (AvgIpc) is 3.13. The summed E-state index contributed by atoms with van der Waals surface area (Å²) in [5.41, 5.74) is 2.83. The van der Waals surface area contributed by atoms with Crippen LogP contribution < -0.4 is 0 Å². The van der Waals surface area contributed by atoms with E-state index in [1.165, 1.54) is 9.60 Å². The summed E-state index contributed by atoms with van der Waals surface area (Å²) >= 11 is 3.41. The zero-order chi connectivity index (χ0) is 17.1. The van der Waals surface area contributed by atoms with Crippen molar-refractivity contribution >= 4 is 39.1 Å². The SMILES string of the molecule is O=C(Cc1ccccc1)c1ccc(Sc2ccnc3ccsc23)cc1. The first kappa shape index (κ1) is 16.1. The summed E-state index contributed by atoms with van der Waals surface area (Å²) in [6, 6.07) is 21.8. The maximum atomic E-state index is 12.4. The van der Waals surface area contributed by atoms with Crippen molar-refractivity contribution in [3.05, 3.63) is 89.4 Å². The fourth-order valence-corrected chi connectivity index (χ4v) is 4.53. The van der Waals surface area contributed by atoms with Gasteiger partial charge in [-0.1, -0.05) is 54.2 Å². The number of Topliss-reactive ketones (excluding diaryl/α,β-unsaturated/α-hetero) is 1. The molecule has 25 heavy (non-hydrogen) atoms. The number of rotatable bonds is 5. The molecule has 0 N–H and O–H groups in total. The standard InChI is InChI=1S/C21H15NOS2/c23-19(14-15-4-2-1-3-5-15)16-6-8-17(9-7-16)25-20-10-12-22-18-11-13-24-21(18)20/h1-13H,14H2. The lowest BCUT2D eigenvalue weighted by Gasteiger charge is -2.05. The summed E-state index contributed by atoms with van der Waals surface area (Å²) in [4.78, 5) is 19.1. The van der Waals surface area contributed by atoms with Gasteiger partial charge in [0, 0.05) is 28.0 Å². The van der Waals surface area contributed by atoms with E-state index in [2.05, 4.69) is 10.4 Å². The Kier molecular flexibility index (Phi) is 4.63. The zero-order valence-electron chi connectivity index (χ0n) is 13.4. The van der Waals surface area contributed by atoms with E-state index in [-0.39, 0.29) is 5.78 Å².